The Morgan fingerprint density at radius 3 is 2.74 bits per heavy atom. The highest BCUT2D eigenvalue weighted by Gasteiger charge is 2.53. The standard InChI is InChI=1S/C18H19N3OS/c1-3-23-16-10-13(22)9-15-14(11-19)17(20)21(18(15,16)2)12-7-5-4-6-8-12/h4-9,16,20,22H,3,10H2,1-2H3/t16-,18+/m0/s1. The van der Waals surface area contributed by atoms with Gasteiger partial charge in [-0.25, -0.2) is 0 Å². The first-order chi connectivity index (χ1) is 11.0. The lowest BCUT2D eigenvalue weighted by Gasteiger charge is -2.45. The van der Waals surface area contributed by atoms with Gasteiger partial charge in [0.15, 0.2) is 0 Å². The van der Waals surface area contributed by atoms with Gasteiger partial charge in [0.2, 0.25) is 0 Å². The first-order valence-electron chi connectivity index (χ1n) is 7.64. The average Bonchev–Trinajstić information content (AvgIpc) is 2.76. The fourth-order valence-electron chi connectivity index (χ4n) is 3.50. The smallest absolute Gasteiger partial charge is 0.144 e. The molecule has 2 aliphatic rings. The Morgan fingerprint density at radius 1 is 1.43 bits per heavy atom. The number of amidine groups is 1. The van der Waals surface area contributed by atoms with E-state index in [-0.39, 0.29) is 11.1 Å². The fourth-order valence-corrected chi connectivity index (χ4v) is 4.75. The highest BCUT2D eigenvalue weighted by atomic mass is 32.2. The molecule has 4 nitrogen and oxygen atoms in total. The zero-order valence-electron chi connectivity index (χ0n) is 13.2. The Hall–Kier alpha value is -2.19. The third-order valence-corrected chi connectivity index (χ3v) is 5.93. The Kier molecular flexibility index (Phi) is 3.95. The minimum Gasteiger partial charge on any atom is -0.512 e. The predicted molar refractivity (Wildman–Crippen MR) is 94.9 cm³/mol. The molecule has 1 aromatic carbocycles. The monoisotopic (exact) mass is 325 g/mol. The minimum atomic E-state index is -0.504. The maximum absolute atomic E-state index is 10.1. The molecule has 0 spiro atoms. The molecule has 1 aliphatic carbocycles. The van der Waals surface area contributed by atoms with Crippen LogP contribution < -0.4 is 4.90 Å². The molecule has 3 rings (SSSR count). The normalized spacial score (nSPS) is 26.8. The number of anilines is 1. The maximum Gasteiger partial charge on any atom is 0.144 e. The molecule has 0 radical (unpaired) electrons. The molecular weight excluding hydrogens is 306 g/mol. The summed E-state index contributed by atoms with van der Waals surface area (Å²) >= 11 is 1.76. The summed E-state index contributed by atoms with van der Waals surface area (Å²) in [5, 5.41) is 28.3. The Morgan fingerprint density at radius 2 is 2.13 bits per heavy atom. The van der Waals surface area contributed by atoms with Crippen LogP contribution in [-0.2, 0) is 0 Å². The molecular formula is C18H19N3OS. The first-order valence-corrected chi connectivity index (χ1v) is 8.69. The number of aliphatic hydroxyl groups is 1. The van der Waals surface area contributed by atoms with Crippen molar-refractivity contribution in [3.8, 4) is 6.07 Å². The molecule has 2 atom stereocenters. The summed E-state index contributed by atoms with van der Waals surface area (Å²) in [4.78, 5) is 1.94. The lowest BCUT2D eigenvalue weighted by atomic mass is 9.81. The van der Waals surface area contributed by atoms with Crippen molar-refractivity contribution in [2.75, 3.05) is 10.7 Å². The SMILES string of the molecule is CCS[C@H]1CC(O)=CC2=C(C#N)C(=N)N(c3ccccc3)[C@]21C. The summed E-state index contributed by atoms with van der Waals surface area (Å²) in [6.07, 6.45) is 2.23. The van der Waals surface area contributed by atoms with Crippen molar-refractivity contribution in [3.63, 3.8) is 0 Å². The predicted octanol–water partition coefficient (Wildman–Crippen LogP) is 4.03. The Bertz CT molecular complexity index is 747. The van der Waals surface area contributed by atoms with Crippen molar-refractivity contribution < 1.29 is 5.11 Å². The molecule has 1 heterocycles. The number of nitrogens with one attached hydrogen (secondary N) is 1. The molecule has 23 heavy (non-hydrogen) atoms. The van der Waals surface area contributed by atoms with Gasteiger partial charge >= 0.3 is 0 Å². The third-order valence-electron chi connectivity index (χ3n) is 4.57. The van der Waals surface area contributed by atoms with Crippen molar-refractivity contribution in [2.45, 2.75) is 31.1 Å². The summed E-state index contributed by atoms with van der Waals surface area (Å²) < 4.78 is 0. The molecule has 0 saturated heterocycles. The summed E-state index contributed by atoms with van der Waals surface area (Å²) in [6.45, 7) is 4.16. The summed E-state index contributed by atoms with van der Waals surface area (Å²) in [5.74, 6) is 1.42. The van der Waals surface area contributed by atoms with Gasteiger partial charge in [-0.05, 0) is 30.9 Å². The second-order valence-electron chi connectivity index (χ2n) is 5.85. The van der Waals surface area contributed by atoms with E-state index in [1.54, 1.807) is 17.8 Å². The molecule has 0 fully saturated rings. The largest absolute Gasteiger partial charge is 0.512 e. The van der Waals surface area contributed by atoms with Crippen molar-refractivity contribution in [2.24, 2.45) is 0 Å². The van der Waals surface area contributed by atoms with E-state index < -0.39 is 5.54 Å². The van der Waals surface area contributed by atoms with E-state index in [1.807, 2.05) is 35.2 Å². The fraction of sp³-hybridized carbons (Fsp3) is 0.333. The summed E-state index contributed by atoms with van der Waals surface area (Å²) in [7, 11) is 0. The molecule has 1 aromatic rings. The Labute approximate surface area is 140 Å². The number of fused-ring (bicyclic) bond motifs is 1. The molecule has 0 aromatic heterocycles. The molecule has 2 N–H and O–H groups in total. The van der Waals surface area contributed by atoms with Gasteiger partial charge in [-0.1, -0.05) is 25.1 Å². The van der Waals surface area contributed by atoms with E-state index in [0.717, 1.165) is 17.0 Å². The van der Waals surface area contributed by atoms with E-state index in [1.165, 1.54) is 0 Å². The van der Waals surface area contributed by atoms with Gasteiger partial charge in [-0.15, -0.1) is 0 Å². The third kappa shape index (κ3) is 2.25. The number of nitrogens with zero attached hydrogens (tertiary/aromatic N) is 2. The van der Waals surface area contributed by atoms with Crippen LogP contribution in [0.4, 0.5) is 5.69 Å². The van der Waals surface area contributed by atoms with Gasteiger partial charge < -0.3 is 10.0 Å². The Balaban J connectivity index is 2.22. The number of para-hydroxylation sites is 1. The van der Waals surface area contributed by atoms with Crippen LogP contribution in [0.1, 0.15) is 20.3 Å². The van der Waals surface area contributed by atoms with E-state index in [4.69, 9.17) is 5.41 Å². The number of thioether (sulfide) groups is 1. The van der Waals surface area contributed by atoms with Crippen LogP contribution in [0.5, 0.6) is 0 Å². The molecule has 0 amide bonds. The molecule has 0 saturated carbocycles. The van der Waals surface area contributed by atoms with Crippen LogP contribution in [0, 0.1) is 16.7 Å². The summed E-state index contributed by atoms with van der Waals surface area (Å²) in [6, 6.07) is 11.9. The highest BCUT2D eigenvalue weighted by molar-refractivity contribution is 8.00. The molecule has 0 bridgehead atoms. The lowest BCUT2D eigenvalue weighted by molar-refractivity contribution is 0.356. The minimum absolute atomic E-state index is 0.0823. The van der Waals surface area contributed by atoms with E-state index in [2.05, 4.69) is 19.9 Å². The highest BCUT2D eigenvalue weighted by Crippen LogP contribution is 2.49. The van der Waals surface area contributed by atoms with Crippen LogP contribution in [0.3, 0.4) is 0 Å². The maximum atomic E-state index is 10.1. The number of hydrogen-bond donors (Lipinski definition) is 2. The number of rotatable bonds is 3. The lowest BCUT2D eigenvalue weighted by Crippen LogP contribution is -2.54. The summed E-state index contributed by atoms with van der Waals surface area (Å²) in [5.41, 5.74) is 1.50. The first kappa shape index (κ1) is 15.7. The number of benzene rings is 1. The molecule has 0 unspecified atom stereocenters. The van der Waals surface area contributed by atoms with Crippen LogP contribution in [0.25, 0.3) is 0 Å². The molecule has 118 valence electrons. The number of aliphatic hydroxyl groups excluding tert-OH is 1. The quantitative estimate of drug-likeness (QED) is 0.880. The van der Waals surface area contributed by atoms with E-state index >= 15 is 0 Å². The zero-order valence-corrected chi connectivity index (χ0v) is 14.0. The average molecular weight is 325 g/mol. The van der Waals surface area contributed by atoms with Crippen molar-refractivity contribution in [3.05, 3.63) is 53.3 Å². The topological polar surface area (TPSA) is 71.1 Å². The zero-order chi connectivity index (χ0) is 16.6. The van der Waals surface area contributed by atoms with Gasteiger partial charge in [0.1, 0.15) is 17.5 Å². The molecule has 5 heteroatoms. The van der Waals surface area contributed by atoms with Gasteiger partial charge in [0.25, 0.3) is 0 Å². The van der Waals surface area contributed by atoms with Crippen LogP contribution in [0.15, 0.2) is 53.3 Å². The van der Waals surface area contributed by atoms with Gasteiger partial charge in [0.05, 0.1) is 11.3 Å². The number of nitriles is 1. The second kappa shape index (κ2) is 5.78. The van der Waals surface area contributed by atoms with Crippen LogP contribution >= 0.6 is 11.8 Å². The van der Waals surface area contributed by atoms with Gasteiger partial charge in [-0.3, -0.25) is 5.41 Å². The van der Waals surface area contributed by atoms with Gasteiger partial charge in [-0.2, -0.15) is 17.0 Å². The number of hydrogen-bond acceptors (Lipinski definition) is 4. The van der Waals surface area contributed by atoms with Crippen molar-refractivity contribution in [1.29, 1.82) is 10.7 Å². The number of allylic oxidation sites excluding steroid dienone is 1. The molecule has 1 aliphatic heterocycles. The van der Waals surface area contributed by atoms with E-state index in [9.17, 15) is 10.4 Å². The van der Waals surface area contributed by atoms with Crippen molar-refractivity contribution in [1.82, 2.24) is 0 Å². The second-order valence-corrected chi connectivity index (χ2v) is 7.33. The van der Waals surface area contributed by atoms with Crippen LogP contribution in [0.2, 0.25) is 0 Å². The van der Waals surface area contributed by atoms with Crippen molar-refractivity contribution >= 4 is 23.3 Å². The van der Waals surface area contributed by atoms with Gasteiger partial charge in [0, 0.05) is 22.9 Å². The van der Waals surface area contributed by atoms with Crippen LogP contribution in [-0.4, -0.2) is 27.5 Å². The van der Waals surface area contributed by atoms with E-state index in [0.29, 0.717) is 17.8 Å².